The molecule has 0 radical (unpaired) electrons. The highest BCUT2D eigenvalue weighted by atomic mass is 32.2. The fourth-order valence-corrected chi connectivity index (χ4v) is 20.3. The minimum Gasteiger partial charge on any atom is -0.114 e. The van der Waals surface area contributed by atoms with E-state index in [4.69, 9.17) is 0 Å². The average Bonchev–Trinajstić information content (AvgIpc) is 2.55. The topological polar surface area (TPSA) is 0 Å². The predicted molar refractivity (Wildman–Crippen MR) is 92.3 cm³/mol. The fourth-order valence-electron chi connectivity index (χ4n) is 2.85. The first-order valence-electron chi connectivity index (χ1n) is 6.55. The van der Waals surface area contributed by atoms with E-state index in [-0.39, 0.29) is 0 Å². The molecule has 1 heterocycles. The van der Waals surface area contributed by atoms with Gasteiger partial charge in [-0.1, -0.05) is 45.3 Å². The molecule has 0 aliphatic carbocycles. The maximum atomic E-state index is 2.55. The van der Waals surface area contributed by atoms with Gasteiger partial charge in [0.15, 0.2) is 0 Å². The van der Waals surface area contributed by atoms with Gasteiger partial charge in [-0.3, -0.25) is 0 Å². The molecule has 0 nitrogen and oxygen atoms in total. The predicted octanol–water partition coefficient (Wildman–Crippen LogP) is 5.64. The Balaban J connectivity index is 2.51. The average molecular weight is 313 g/mol. The summed E-state index contributed by atoms with van der Waals surface area (Å²) in [5.41, 5.74) is 1.39. The van der Waals surface area contributed by atoms with Crippen LogP contribution in [0.15, 0.2) is 28.0 Å². The Morgan fingerprint density at radius 1 is 0.833 bits per heavy atom. The van der Waals surface area contributed by atoms with Crippen LogP contribution in [0.25, 0.3) is 0 Å². The van der Waals surface area contributed by atoms with E-state index in [1.54, 1.807) is 0 Å². The summed E-state index contributed by atoms with van der Waals surface area (Å²) in [6, 6.07) is 6.98. The van der Waals surface area contributed by atoms with Crippen LogP contribution in [0.3, 0.4) is 0 Å². The van der Waals surface area contributed by atoms with Crippen LogP contribution in [0.4, 0.5) is 0 Å². The van der Waals surface area contributed by atoms with Crippen LogP contribution in [0.1, 0.15) is 5.56 Å². The zero-order valence-electron chi connectivity index (χ0n) is 12.5. The highest BCUT2D eigenvalue weighted by Gasteiger charge is 2.57. The SMILES string of the molecule is Cc1ccc2c(c1)SC([Si](C)(C)C)([Si](C)(C)C)S2. The Kier molecular flexibility index (Phi) is 3.63. The summed E-state index contributed by atoms with van der Waals surface area (Å²) in [5, 5.41) is 0. The highest BCUT2D eigenvalue weighted by Crippen LogP contribution is 2.63. The minimum absolute atomic E-state index is 0.482. The van der Waals surface area contributed by atoms with E-state index >= 15 is 0 Å². The monoisotopic (exact) mass is 312 g/mol. The Morgan fingerprint density at radius 3 is 1.83 bits per heavy atom. The van der Waals surface area contributed by atoms with Gasteiger partial charge >= 0.3 is 0 Å². The Hall–Kier alpha value is 0.354. The van der Waals surface area contributed by atoms with Gasteiger partial charge in [0.05, 0.1) is 19.5 Å². The molecule has 0 unspecified atom stereocenters. The van der Waals surface area contributed by atoms with Crippen molar-refractivity contribution in [3.63, 3.8) is 0 Å². The van der Waals surface area contributed by atoms with Crippen LogP contribution in [0.2, 0.25) is 39.3 Å². The van der Waals surface area contributed by atoms with Gasteiger partial charge in [-0.05, 0) is 24.6 Å². The van der Waals surface area contributed by atoms with Gasteiger partial charge in [0.25, 0.3) is 0 Å². The molecule has 18 heavy (non-hydrogen) atoms. The van der Waals surface area contributed by atoms with Crippen molar-refractivity contribution in [1.29, 1.82) is 0 Å². The molecule has 2 rings (SSSR count). The van der Waals surface area contributed by atoms with Crippen molar-refractivity contribution in [1.82, 2.24) is 0 Å². The van der Waals surface area contributed by atoms with E-state index in [9.17, 15) is 0 Å². The molecule has 4 heteroatoms. The van der Waals surface area contributed by atoms with Gasteiger partial charge in [-0.25, -0.2) is 0 Å². The number of aryl methyl sites for hydroxylation is 1. The van der Waals surface area contributed by atoms with Crippen LogP contribution in [0.5, 0.6) is 0 Å². The minimum atomic E-state index is -1.24. The lowest BCUT2D eigenvalue weighted by atomic mass is 10.2. The van der Waals surface area contributed by atoms with Crippen LogP contribution in [-0.2, 0) is 0 Å². The fraction of sp³-hybridized carbons (Fsp3) is 0.571. The second kappa shape index (κ2) is 4.43. The number of benzene rings is 1. The van der Waals surface area contributed by atoms with Crippen LogP contribution in [-0.4, -0.2) is 19.5 Å². The summed E-state index contributed by atoms with van der Waals surface area (Å²) in [6.45, 7) is 17.5. The lowest BCUT2D eigenvalue weighted by Crippen LogP contribution is -2.60. The molecule has 0 saturated heterocycles. The molecular weight excluding hydrogens is 288 g/mol. The van der Waals surface area contributed by atoms with Gasteiger partial charge in [0.2, 0.25) is 0 Å². The van der Waals surface area contributed by atoms with Crippen molar-refractivity contribution in [2.75, 3.05) is 0 Å². The van der Waals surface area contributed by atoms with Gasteiger partial charge in [0.1, 0.15) is 0 Å². The second-order valence-electron chi connectivity index (χ2n) is 7.27. The number of hydrogen-bond acceptors (Lipinski definition) is 2. The van der Waals surface area contributed by atoms with E-state index in [1.807, 2.05) is 0 Å². The molecule has 1 aromatic carbocycles. The van der Waals surface area contributed by atoms with Crippen molar-refractivity contribution >= 4 is 39.7 Å². The normalized spacial score (nSPS) is 18.8. The Bertz CT molecular complexity index is 456. The molecule has 0 amide bonds. The van der Waals surface area contributed by atoms with Crippen molar-refractivity contribution in [3.05, 3.63) is 23.8 Å². The Morgan fingerprint density at radius 2 is 1.33 bits per heavy atom. The number of thioether (sulfide) groups is 2. The standard InChI is InChI=1S/C14H24S2Si2/c1-11-8-9-12-13(10-11)16-14(15-12,17(2,3)4)18(5,6)7/h8-10H,1-7H3. The third-order valence-corrected chi connectivity index (χ3v) is 22.9. The summed E-state index contributed by atoms with van der Waals surface area (Å²) in [5.74, 6) is 0. The molecular formula is C14H24S2Si2. The molecule has 0 saturated carbocycles. The van der Waals surface area contributed by atoms with E-state index in [1.165, 1.54) is 15.4 Å². The molecule has 0 aromatic heterocycles. The van der Waals surface area contributed by atoms with Crippen LogP contribution < -0.4 is 0 Å². The van der Waals surface area contributed by atoms with E-state index in [0.717, 1.165) is 0 Å². The zero-order chi connectivity index (χ0) is 13.8. The zero-order valence-corrected chi connectivity index (χ0v) is 16.2. The summed E-state index contributed by atoms with van der Waals surface area (Å²) in [6.07, 6.45) is 0. The number of rotatable bonds is 2. The quantitative estimate of drug-likeness (QED) is 0.648. The van der Waals surface area contributed by atoms with E-state index < -0.39 is 16.1 Å². The summed E-state index contributed by atoms with van der Waals surface area (Å²) >= 11 is 4.39. The maximum absolute atomic E-state index is 2.55. The third kappa shape index (κ3) is 2.25. The first-order valence-corrected chi connectivity index (χ1v) is 15.2. The van der Waals surface area contributed by atoms with Crippen molar-refractivity contribution in [3.8, 4) is 0 Å². The van der Waals surface area contributed by atoms with Crippen molar-refractivity contribution < 1.29 is 0 Å². The Labute approximate surface area is 122 Å². The van der Waals surface area contributed by atoms with E-state index in [2.05, 4.69) is 87.9 Å². The molecule has 100 valence electrons. The van der Waals surface area contributed by atoms with E-state index in [0.29, 0.717) is 3.33 Å². The maximum Gasteiger partial charge on any atom is 0.0723 e. The van der Waals surface area contributed by atoms with Crippen LogP contribution >= 0.6 is 23.5 Å². The summed E-state index contributed by atoms with van der Waals surface area (Å²) < 4.78 is 0.482. The molecule has 0 N–H and O–H groups in total. The lowest BCUT2D eigenvalue weighted by Gasteiger charge is -2.47. The first kappa shape index (κ1) is 14.8. The number of fused-ring (bicyclic) bond motifs is 1. The summed E-state index contributed by atoms with van der Waals surface area (Å²) in [7, 11) is -2.47. The smallest absolute Gasteiger partial charge is 0.0723 e. The van der Waals surface area contributed by atoms with Gasteiger partial charge in [-0.15, -0.1) is 23.5 Å². The molecule has 1 aromatic rings. The largest absolute Gasteiger partial charge is 0.114 e. The molecule has 0 atom stereocenters. The molecule has 0 bridgehead atoms. The molecule has 0 spiro atoms. The van der Waals surface area contributed by atoms with Crippen molar-refractivity contribution in [2.24, 2.45) is 0 Å². The lowest BCUT2D eigenvalue weighted by molar-refractivity contribution is 1.23. The van der Waals surface area contributed by atoms with Gasteiger partial charge < -0.3 is 0 Å². The van der Waals surface area contributed by atoms with Gasteiger partial charge in [0, 0.05) is 9.79 Å². The van der Waals surface area contributed by atoms with Gasteiger partial charge in [-0.2, -0.15) is 0 Å². The highest BCUT2D eigenvalue weighted by molar-refractivity contribution is 8.26. The summed E-state index contributed by atoms with van der Waals surface area (Å²) in [4.78, 5) is 3.06. The second-order valence-corrected chi connectivity index (χ2v) is 22.5. The third-order valence-electron chi connectivity index (χ3n) is 3.58. The molecule has 1 aliphatic rings. The van der Waals surface area contributed by atoms with Crippen LogP contribution in [0, 0.1) is 6.92 Å². The molecule has 1 aliphatic heterocycles. The number of hydrogen-bond donors (Lipinski definition) is 0. The van der Waals surface area contributed by atoms with Crippen molar-refractivity contribution in [2.45, 2.75) is 59.3 Å². The molecule has 0 fully saturated rings. The first-order chi connectivity index (χ1) is 8.07.